The van der Waals surface area contributed by atoms with Gasteiger partial charge in [0.2, 0.25) is 0 Å². The van der Waals surface area contributed by atoms with Crippen molar-refractivity contribution in [3.8, 4) is 0 Å². The highest BCUT2D eigenvalue weighted by molar-refractivity contribution is 5.06. The second-order valence-electron chi connectivity index (χ2n) is 2.96. The normalized spacial score (nSPS) is 10.2. The Kier molecular flexibility index (Phi) is 3.02. The largest absolute Gasteiger partial charge is 0.345 e. The monoisotopic (exact) mass is 166 g/mol. The van der Waals surface area contributed by atoms with E-state index in [2.05, 4.69) is 16.9 Å². The Labute approximate surface area is 71.9 Å². The molecule has 0 aliphatic heterocycles. The first-order valence-electron chi connectivity index (χ1n) is 4.29. The SMILES string of the molecule is CCCCc1cc(C)[nH]c(=O)n1. The molecule has 3 heteroatoms. The van der Waals surface area contributed by atoms with Crippen molar-refractivity contribution in [3.63, 3.8) is 0 Å². The fraction of sp³-hybridized carbons (Fsp3) is 0.556. The van der Waals surface area contributed by atoms with Gasteiger partial charge in [-0.1, -0.05) is 13.3 Å². The Morgan fingerprint density at radius 2 is 2.33 bits per heavy atom. The van der Waals surface area contributed by atoms with E-state index in [1.54, 1.807) is 0 Å². The molecule has 1 aromatic heterocycles. The Balaban J connectivity index is 2.79. The van der Waals surface area contributed by atoms with E-state index in [1.165, 1.54) is 0 Å². The lowest BCUT2D eigenvalue weighted by Gasteiger charge is -1.98. The van der Waals surface area contributed by atoms with Crippen LogP contribution in [0.2, 0.25) is 0 Å². The van der Waals surface area contributed by atoms with Gasteiger partial charge in [-0.25, -0.2) is 4.79 Å². The van der Waals surface area contributed by atoms with Crippen LogP contribution in [0.15, 0.2) is 10.9 Å². The van der Waals surface area contributed by atoms with E-state index >= 15 is 0 Å². The van der Waals surface area contributed by atoms with Crippen molar-refractivity contribution in [2.75, 3.05) is 0 Å². The Morgan fingerprint density at radius 1 is 1.58 bits per heavy atom. The van der Waals surface area contributed by atoms with Crippen LogP contribution >= 0.6 is 0 Å². The summed E-state index contributed by atoms with van der Waals surface area (Å²) in [6.07, 6.45) is 3.13. The van der Waals surface area contributed by atoms with Crippen molar-refractivity contribution in [2.24, 2.45) is 0 Å². The number of H-pyrrole nitrogens is 1. The summed E-state index contributed by atoms with van der Waals surface area (Å²) in [5.74, 6) is 0. The minimum absolute atomic E-state index is 0.235. The summed E-state index contributed by atoms with van der Waals surface area (Å²) in [5.41, 5.74) is 1.56. The average Bonchev–Trinajstić information content (AvgIpc) is 1.99. The van der Waals surface area contributed by atoms with Gasteiger partial charge in [0.15, 0.2) is 0 Å². The van der Waals surface area contributed by atoms with E-state index < -0.39 is 0 Å². The summed E-state index contributed by atoms with van der Waals surface area (Å²) in [6, 6.07) is 1.93. The molecule has 1 aromatic rings. The summed E-state index contributed by atoms with van der Waals surface area (Å²) in [5, 5.41) is 0. The zero-order valence-electron chi connectivity index (χ0n) is 7.55. The number of hydrogen-bond acceptors (Lipinski definition) is 2. The standard InChI is InChI=1S/C9H14N2O/c1-3-4-5-8-6-7(2)10-9(12)11-8/h6H,3-5H2,1-2H3,(H,10,11,12). The van der Waals surface area contributed by atoms with Gasteiger partial charge in [-0.05, 0) is 25.8 Å². The van der Waals surface area contributed by atoms with E-state index in [4.69, 9.17) is 0 Å². The van der Waals surface area contributed by atoms with Crippen LogP contribution in [0.5, 0.6) is 0 Å². The lowest BCUT2D eigenvalue weighted by atomic mass is 10.2. The molecule has 0 amide bonds. The molecule has 0 aliphatic rings. The number of nitrogens with one attached hydrogen (secondary N) is 1. The molecule has 0 spiro atoms. The minimum Gasteiger partial charge on any atom is -0.310 e. The maximum absolute atomic E-state index is 10.9. The lowest BCUT2D eigenvalue weighted by Crippen LogP contribution is -2.13. The van der Waals surface area contributed by atoms with Gasteiger partial charge in [0, 0.05) is 11.4 Å². The van der Waals surface area contributed by atoms with Gasteiger partial charge >= 0.3 is 5.69 Å². The molecule has 0 aromatic carbocycles. The highest BCUT2D eigenvalue weighted by Gasteiger charge is 1.96. The van der Waals surface area contributed by atoms with E-state index in [0.29, 0.717) is 0 Å². The molecule has 0 atom stereocenters. The van der Waals surface area contributed by atoms with Crippen molar-refractivity contribution in [3.05, 3.63) is 27.9 Å². The Hall–Kier alpha value is -1.12. The fourth-order valence-corrected chi connectivity index (χ4v) is 1.13. The van der Waals surface area contributed by atoms with Crippen LogP contribution < -0.4 is 5.69 Å². The molecule has 3 nitrogen and oxygen atoms in total. The van der Waals surface area contributed by atoms with Gasteiger partial charge in [0.05, 0.1) is 0 Å². The molecular formula is C9H14N2O. The van der Waals surface area contributed by atoms with Crippen molar-refractivity contribution < 1.29 is 0 Å². The first-order chi connectivity index (χ1) is 5.72. The van der Waals surface area contributed by atoms with Crippen LogP contribution in [0.4, 0.5) is 0 Å². The van der Waals surface area contributed by atoms with Crippen molar-refractivity contribution in [1.29, 1.82) is 0 Å². The molecule has 1 rings (SSSR count). The molecule has 0 radical (unpaired) electrons. The number of unbranched alkanes of at least 4 members (excludes halogenated alkanes) is 1. The smallest absolute Gasteiger partial charge is 0.310 e. The predicted molar refractivity (Wildman–Crippen MR) is 48.2 cm³/mol. The zero-order chi connectivity index (χ0) is 8.97. The zero-order valence-corrected chi connectivity index (χ0v) is 7.55. The van der Waals surface area contributed by atoms with Crippen LogP contribution in [0.25, 0.3) is 0 Å². The van der Waals surface area contributed by atoms with E-state index in [-0.39, 0.29) is 5.69 Å². The third-order valence-corrected chi connectivity index (χ3v) is 1.72. The molecule has 0 aliphatic carbocycles. The Morgan fingerprint density at radius 3 is 2.92 bits per heavy atom. The van der Waals surface area contributed by atoms with Crippen LogP contribution in [0.3, 0.4) is 0 Å². The summed E-state index contributed by atoms with van der Waals surface area (Å²) in [6.45, 7) is 4.00. The molecule has 1 heterocycles. The highest BCUT2D eigenvalue weighted by atomic mass is 16.1. The van der Waals surface area contributed by atoms with Gasteiger partial charge in [-0.2, -0.15) is 4.98 Å². The fourth-order valence-electron chi connectivity index (χ4n) is 1.13. The summed E-state index contributed by atoms with van der Waals surface area (Å²) in [7, 11) is 0. The number of rotatable bonds is 3. The van der Waals surface area contributed by atoms with Crippen LogP contribution in [0, 0.1) is 6.92 Å². The maximum Gasteiger partial charge on any atom is 0.345 e. The number of aryl methyl sites for hydroxylation is 2. The molecule has 0 saturated carbocycles. The van der Waals surface area contributed by atoms with E-state index in [1.807, 2.05) is 13.0 Å². The van der Waals surface area contributed by atoms with Crippen LogP contribution in [-0.4, -0.2) is 9.97 Å². The topological polar surface area (TPSA) is 45.8 Å². The molecule has 0 bridgehead atoms. The van der Waals surface area contributed by atoms with Crippen LogP contribution in [-0.2, 0) is 6.42 Å². The Bertz CT molecular complexity index is 304. The second-order valence-corrected chi connectivity index (χ2v) is 2.96. The first kappa shape index (κ1) is 8.97. The molecule has 66 valence electrons. The third kappa shape index (κ3) is 2.49. The van der Waals surface area contributed by atoms with E-state index in [0.717, 1.165) is 30.7 Å². The molecular weight excluding hydrogens is 152 g/mol. The first-order valence-corrected chi connectivity index (χ1v) is 4.29. The van der Waals surface area contributed by atoms with Crippen LogP contribution in [0.1, 0.15) is 31.2 Å². The van der Waals surface area contributed by atoms with Gasteiger partial charge in [0.25, 0.3) is 0 Å². The molecule has 1 N–H and O–H groups in total. The summed E-state index contributed by atoms with van der Waals surface area (Å²) in [4.78, 5) is 17.4. The van der Waals surface area contributed by atoms with Crippen molar-refractivity contribution >= 4 is 0 Å². The minimum atomic E-state index is -0.235. The molecule has 0 unspecified atom stereocenters. The van der Waals surface area contributed by atoms with Gasteiger partial charge in [0.1, 0.15) is 0 Å². The lowest BCUT2D eigenvalue weighted by molar-refractivity contribution is 0.765. The maximum atomic E-state index is 10.9. The molecule has 0 saturated heterocycles. The number of hydrogen-bond donors (Lipinski definition) is 1. The second kappa shape index (κ2) is 4.04. The molecule has 0 fully saturated rings. The summed E-state index contributed by atoms with van der Waals surface area (Å²) >= 11 is 0. The van der Waals surface area contributed by atoms with Gasteiger partial charge in [-0.3, -0.25) is 0 Å². The van der Waals surface area contributed by atoms with Gasteiger partial charge in [-0.15, -0.1) is 0 Å². The van der Waals surface area contributed by atoms with Gasteiger partial charge < -0.3 is 4.98 Å². The highest BCUT2D eigenvalue weighted by Crippen LogP contribution is 2.00. The number of aromatic nitrogens is 2. The summed E-state index contributed by atoms with van der Waals surface area (Å²) < 4.78 is 0. The predicted octanol–water partition coefficient (Wildman–Crippen LogP) is 1.42. The number of aromatic amines is 1. The molecule has 12 heavy (non-hydrogen) atoms. The quantitative estimate of drug-likeness (QED) is 0.738. The average molecular weight is 166 g/mol. The number of nitrogens with zero attached hydrogens (tertiary/aromatic N) is 1. The third-order valence-electron chi connectivity index (χ3n) is 1.72. The van der Waals surface area contributed by atoms with Crippen molar-refractivity contribution in [1.82, 2.24) is 9.97 Å². The van der Waals surface area contributed by atoms with E-state index in [9.17, 15) is 4.79 Å². The van der Waals surface area contributed by atoms with Crippen molar-refractivity contribution in [2.45, 2.75) is 33.1 Å².